The van der Waals surface area contributed by atoms with Gasteiger partial charge in [-0.25, -0.2) is 0 Å². The van der Waals surface area contributed by atoms with Gasteiger partial charge >= 0.3 is 0 Å². The summed E-state index contributed by atoms with van der Waals surface area (Å²) in [5, 5.41) is 8.75. The Morgan fingerprint density at radius 1 is 1.09 bits per heavy atom. The van der Waals surface area contributed by atoms with E-state index in [0.29, 0.717) is 13.0 Å². The predicted molar refractivity (Wildman–Crippen MR) is 94.7 cm³/mol. The zero-order chi connectivity index (χ0) is 15.8. The number of halogens is 2. The van der Waals surface area contributed by atoms with Crippen molar-refractivity contribution in [1.82, 2.24) is 4.90 Å². The first-order valence-electron chi connectivity index (χ1n) is 7.22. The maximum atomic E-state index is 8.86. The zero-order valence-corrected chi connectivity index (χ0v) is 14.6. The highest BCUT2D eigenvalue weighted by atomic mass is 79.9. The fraction of sp³-hybridized carbons (Fsp3) is 0.278. The lowest BCUT2D eigenvalue weighted by molar-refractivity contribution is 0.271. The van der Waals surface area contributed by atoms with Gasteiger partial charge in [0.2, 0.25) is 0 Å². The van der Waals surface area contributed by atoms with Crippen LogP contribution in [-0.4, -0.2) is 18.0 Å². The van der Waals surface area contributed by atoms with E-state index in [-0.39, 0.29) is 5.38 Å². The summed E-state index contributed by atoms with van der Waals surface area (Å²) in [6.45, 7) is 2.23. The van der Waals surface area contributed by atoms with Gasteiger partial charge in [0, 0.05) is 30.5 Å². The Kier molecular flexibility index (Phi) is 6.92. The van der Waals surface area contributed by atoms with Gasteiger partial charge in [-0.1, -0.05) is 64.5 Å². The van der Waals surface area contributed by atoms with Crippen LogP contribution in [0.2, 0.25) is 0 Å². The smallest absolute Gasteiger partial charge is 0.0723 e. The molecule has 22 heavy (non-hydrogen) atoms. The minimum atomic E-state index is -0.113. The van der Waals surface area contributed by atoms with Crippen LogP contribution in [0.1, 0.15) is 22.9 Å². The van der Waals surface area contributed by atoms with Crippen LogP contribution in [0.3, 0.4) is 0 Å². The number of nitrogens with zero attached hydrogens (tertiary/aromatic N) is 2. The molecule has 0 aliphatic heterocycles. The van der Waals surface area contributed by atoms with Crippen molar-refractivity contribution >= 4 is 27.5 Å². The molecule has 4 heteroatoms. The Balaban J connectivity index is 2.06. The zero-order valence-electron chi connectivity index (χ0n) is 12.3. The SMILES string of the molecule is N#CCCN(Cc1ccccc1)CC(Cl)c1ccccc1Br. The van der Waals surface area contributed by atoms with E-state index in [4.69, 9.17) is 16.9 Å². The molecule has 0 aliphatic carbocycles. The highest BCUT2D eigenvalue weighted by molar-refractivity contribution is 9.10. The third-order valence-corrected chi connectivity index (χ3v) is 4.55. The topological polar surface area (TPSA) is 27.0 Å². The standard InChI is InChI=1S/C18H18BrClN2/c19-17-10-5-4-9-16(17)18(20)14-22(12-6-11-21)13-15-7-2-1-3-8-15/h1-5,7-10,18H,6,12-14H2. The monoisotopic (exact) mass is 376 g/mol. The number of hydrogen-bond donors (Lipinski definition) is 0. The largest absolute Gasteiger partial charge is 0.296 e. The Morgan fingerprint density at radius 3 is 2.45 bits per heavy atom. The summed E-state index contributed by atoms with van der Waals surface area (Å²) in [6.07, 6.45) is 0.506. The molecular weight excluding hydrogens is 360 g/mol. The van der Waals surface area contributed by atoms with Crippen molar-refractivity contribution in [1.29, 1.82) is 5.26 Å². The maximum Gasteiger partial charge on any atom is 0.0723 e. The second-order valence-electron chi connectivity index (χ2n) is 5.12. The molecule has 0 spiro atoms. The van der Waals surface area contributed by atoms with Crippen LogP contribution < -0.4 is 0 Å². The van der Waals surface area contributed by atoms with Crippen LogP contribution in [-0.2, 0) is 6.54 Å². The van der Waals surface area contributed by atoms with Crippen molar-refractivity contribution in [3.63, 3.8) is 0 Å². The summed E-state index contributed by atoms with van der Waals surface area (Å²) in [7, 11) is 0. The van der Waals surface area contributed by atoms with Crippen LogP contribution >= 0.6 is 27.5 Å². The Hall–Kier alpha value is -1.34. The van der Waals surface area contributed by atoms with E-state index in [1.165, 1.54) is 5.56 Å². The van der Waals surface area contributed by atoms with Gasteiger partial charge < -0.3 is 0 Å². The second-order valence-corrected chi connectivity index (χ2v) is 6.50. The minimum Gasteiger partial charge on any atom is -0.296 e. The Labute approximate surface area is 145 Å². The lowest BCUT2D eigenvalue weighted by Gasteiger charge is -2.24. The first-order valence-corrected chi connectivity index (χ1v) is 8.45. The van der Waals surface area contributed by atoms with Crippen LogP contribution in [0.25, 0.3) is 0 Å². The van der Waals surface area contributed by atoms with Gasteiger partial charge in [-0.05, 0) is 17.2 Å². The average molecular weight is 378 g/mol. The molecule has 0 aliphatic rings. The van der Waals surface area contributed by atoms with E-state index < -0.39 is 0 Å². The molecule has 1 unspecified atom stereocenters. The Bertz CT molecular complexity index is 624. The van der Waals surface area contributed by atoms with Gasteiger partial charge in [-0.3, -0.25) is 4.90 Å². The van der Waals surface area contributed by atoms with Gasteiger partial charge in [-0.15, -0.1) is 11.6 Å². The molecular formula is C18H18BrClN2. The quantitative estimate of drug-likeness (QED) is 0.624. The van der Waals surface area contributed by atoms with Crippen molar-refractivity contribution in [2.45, 2.75) is 18.3 Å². The summed E-state index contributed by atoms with van der Waals surface area (Å²) in [5.74, 6) is 0. The second kappa shape index (κ2) is 8.95. The Morgan fingerprint density at radius 2 is 1.77 bits per heavy atom. The summed E-state index contributed by atoms with van der Waals surface area (Å²) in [6, 6.07) is 20.5. The average Bonchev–Trinajstić information content (AvgIpc) is 2.54. The summed E-state index contributed by atoms with van der Waals surface area (Å²) < 4.78 is 1.02. The summed E-state index contributed by atoms with van der Waals surface area (Å²) in [4.78, 5) is 2.23. The lowest BCUT2D eigenvalue weighted by Crippen LogP contribution is -2.28. The number of nitriles is 1. The van der Waals surface area contributed by atoms with Gasteiger partial charge in [0.25, 0.3) is 0 Å². The minimum absolute atomic E-state index is 0.113. The maximum absolute atomic E-state index is 8.86. The normalized spacial score (nSPS) is 12.1. The third kappa shape index (κ3) is 5.14. The van der Waals surface area contributed by atoms with E-state index in [1.54, 1.807) is 0 Å². The molecule has 0 amide bonds. The fourth-order valence-electron chi connectivity index (χ4n) is 2.34. The fourth-order valence-corrected chi connectivity index (χ4v) is 3.42. The molecule has 2 nitrogen and oxygen atoms in total. The highest BCUT2D eigenvalue weighted by Crippen LogP contribution is 2.29. The molecule has 0 heterocycles. The first kappa shape index (κ1) is 17.0. The van der Waals surface area contributed by atoms with Crippen LogP contribution in [0.5, 0.6) is 0 Å². The van der Waals surface area contributed by atoms with Gasteiger partial charge in [-0.2, -0.15) is 5.26 Å². The summed E-state index contributed by atoms with van der Waals surface area (Å²) in [5.41, 5.74) is 2.32. The molecule has 0 N–H and O–H groups in total. The number of benzene rings is 2. The predicted octanol–water partition coefficient (Wildman–Crippen LogP) is 5.14. The first-order chi connectivity index (χ1) is 10.7. The van der Waals surface area contributed by atoms with Crippen molar-refractivity contribution < 1.29 is 0 Å². The molecule has 2 aromatic rings. The highest BCUT2D eigenvalue weighted by Gasteiger charge is 2.16. The molecule has 0 saturated heterocycles. The number of hydrogen-bond acceptors (Lipinski definition) is 2. The number of alkyl halides is 1. The van der Waals surface area contributed by atoms with Crippen LogP contribution in [0.4, 0.5) is 0 Å². The van der Waals surface area contributed by atoms with Crippen molar-refractivity contribution in [3.05, 3.63) is 70.2 Å². The van der Waals surface area contributed by atoms with Crippen LogP contribution in [0.15, 0.2) is 59.1 Å². The lowest BCUT2D eigenvalue weighted by atomic mass is 10.1. The molecule has 0 fully saturated rings. The molecule has 0 aromatic heterocycles. The number of rotatable bonds is 7. The van der Waals surface area contributed by atoms with E-state index in [2.05, 4.69) is 39.0 Å². The molecule has 1 atom stereocenters. The van der Waals surface area contributed by atoms with Gasteiger partial charge in [0.1, 0.15) is 0 Å². The molecule has 2 rings (SSSR count). The van der Waals surface area contributed by atoms with E-state index in [1.807, 2.05) is 42.5 Å². The molecule has 0 bridgehead atoms. The molecule has 2 aromatic carbocycles. The van der Waals surface area contributed by atoms with Gasteiger partial charge in [0.15, 0.2) is 0 Å². The van der Waals surface area contributed by atoms with Gasteiger partial charge in [0.05, 0.1) is 11.4 Å². The third-order valence-electron chi connectivity index (χ3n) is 3.45. The molecule has 0 radical (unpaired) electrons. The van der Waals surface area contributed by atoms with Crippen molar-refractivity contribution in [2.75, 3.05) is 13.1 Å². The molecule has 0 saturated carbocycles. The molecule has 114 valence electrons. The van der Waals surface area contributed by atoms with Crippen LogP contribution in [0, 0.1) is 11.3 Å². The summed E-state index contributed by atoms with van der Waals surface area (Å²) >= 11 is 10.1. The van der Waals surface area contributed by atoms with Crippen molar-refractivity contribution in [2.24, 2.45) is 0 Å². The van der Waals surface area contributed by atoms with E-state index in [9.17, 15) is 0 Å². The van der Waals surface area contributed by atoms with E-state index >= 15 is 0 Å². The van der Waals surface area contributed by atoms with E-state index in [0.717, 1.165) is 23.1 Å². The van der Waals surface area contributed by atoms with Crippen molar-refractivity contribution in [3.8, 4) is 6.07 Å².